The molecule has 1 saturated heterocycles. The largest absolute Gasteiger partial charge is 0.398 e. The van der Waals surface area contributed by atoms with Crippen LogP contribution in [0.2, 0.25) is 0 Å². The Balaban J connectivity index is 2.18. The Kier molecular flexibility index (Phi) is 3.57. The molecule has 4 heteroatoms. The van der Waals surface area contributed by atoms with Crippen LogP contribution in [0.15, 0.2) is 18.2 Å². The van der Waals surface area contributed by atoms with E-state index in [1.165, 1.54) is 0 Å². The number of anilines is 1. The van der Waals surface area contributed by atoms with Crippen molar-refractivity contribution < 1.29 is 4.79 Å². The maximum atomic E-state index is 12.5. The van der Waals surface area contributed by atoms with E-state index in [-0.39, 0.29) is 5.91 Å². The van der Waals surface area contributed by atoms with Gasteiger partial charge in [0.15, 0.2) is 0 Å². The van der Waals surface area contributed by atoms with E-state index in [9.17, 15) is 4.79 Å². The highest BCUT2D eigenvalue weighted by Gasteiger charge is 2.29. The molecule has 1 aromatic rings. The third-order valence-corrected chi connectivity index (χ3v) is 3.70. The summed E-state index contributed by atoms with van der Waals surface area (Å²) in [6.07, 6.45) is 1.03. The molecular formula is C14H21N3O. The van der Waals surface area contributed by atoms with E-state index in [0.29, 0.717) is 17.3 Å². The van der Waals surface area contributed by atoms with E-state index in [1.807, 2.05) is 24.0 Å². The lowest BCUT2D eigenvalue weighted by Gasteiger charge is -2.21. The van der Waals surface area contributed by atoms with Crippen LogP contribution in [0.25, 0.3) is 0 Å². The molecule has 1 aromatic carbocycles. The second-order valence-electron chi connectivity index (χ2n) is 5.20. The SMILES string of the molecule is Cc1cccc(N)c1C(=O)N1CCC(N(C)C)C1. The van der Waals surface area contributed by atoms with Gasteiger partial charge in [-0.1, -0.05) is 12.1 Å². The molecule has 2 rings (SSSR count). The van der Waals surface area contributed by atoms with Crippen LogP contribution in [0, 0.1) is 6.92 Å². The van der Waals surface area contributed by atoms with Crippen LogP contribution in [0.5, 0.6) is 0 Å². The lowest BCUT2D eigenvalue weighted by Crippen LogP contribution is -2.35. The van der Waals surface area contributed by atoms with Gasteiger partial charge in [0, 0.05) is 24.8 Å². The number of carbonyl (C=O) groups excluding carboxylic acids is 1. The molecule has 0 radical (unpaired) electrons. The van der Waals surface area contributed by atoms with Gasteiger partial charge in [-0.2, -0.15) is 0 Å². The number of rotatable bonds is 2. The molecule has 1 fully saturated rings. The number of carbonyl (C=O) groups is 1. The summed E-state index contributed by atoms with van der Waals surface area (Å²) in [7, 11) is 4.11. The van der Waals surface area contributed by atoms with Crippen molar-refractivity contribution >= 4 is 11.6 Å². The predicted molar refractivity (Wildman–Crippen MR) is 73.6 cm³/mol. The molecule has 4 nitrogen and oxygen atoms in total. The van der Waals surface area contributed by atoms with Crippen LogP contribution in [0.3, 0.4) is 0 Å². The number of likely N-dealkylation sites (N-methyl/N-ethyl adjacent to an activating group) is 1. The molecule has 0 saturated carbocycles. The first-order chi connectivity index (χ1) is 8.50. The molecule has 1 aliphatic rings. The molecule has 18 heavy (non-hydrogen) atoms. The van der Waals surface area contributed by atoms with E-state index >= 15 is 0 Å². The summed E-state index contributed by atoms with van der Waals surface area (Å²) < 4.78 is 0. The first-order valence-corrected chi connectivity index (χ1v) is 6.31. The molecule has 0 aromatic heterocycles. The van der Waals surface area contributed by atoms with Gasteiger partial charge in [0.1, 0.15) is 0 Å². The van der Waals surface area contributed by atoms with E-state index in [2.05, 4.69) is 19.0 Å². The summed E-state index contributed by atoms with van der Waals surface area (Å²) in [5, 5.41) is 0. The average Bonchev–Trinajstić information content (AvgIpc) is 2.77. The summed E-state index contributed by atoms with van der Waals surface area (Å²) in [5.41, 5.74) is 8.12. The van der Waals surface area contributed by atoms with Gasteiger partial charge in [-0.3, -0.25) is 4.79 Å². The second kappa shape index (κ2) is 4.98. The van der Waals surface area contributed by atoms with Crippen molar-refractivity contribution in [2.75, 3.05) is 32.9 Å². The number of aryl methyl sites for hydroxylation is 1. The van der Waals surface area contributed by atoms with Crippen LogP contribution in [-0.2, 0) is 0 Å². The molecular weight excluding hydrogens is 226 g/mol. The van der Waals surface area contributed by atoms with Gasteiger partial charge < -0.3 is 15.5 Å². The Morgan fingerprint density at radius 2 is 2.17 bits per heavy atom. The quantitative estimate of drug-likeness (QED) is 0.803. The third-order valence-electron chi connectivity index (χ3n) is 3.70. The lowest BCUT2D eigenvalue weighted by molar-refractivity contribution is 0.0783. The van der Waals surface area contributed by atoms with Crippen molar-refractivity contribution in [1.29, 1.82) is 0 Å². The van der Waals surface area contributed by atoms with Crippen molar-refractivity contribution in [3.05, 3.63) is 29.3 Å². The third kappa shape index (κ3) is 2.34. The topological polar surface area (TPSA) is 49.6 Å². The van der Waals surface area contributed by atoms with Gasteiger partial charge in [0.25, 0.3) is 5.91 Å². The van der Waals surface area contributed by atoms with Crippen LogP contribution in [0.4, 0.5) is 5.69 Å². The van der Waals surface area contributed by atoms with E-state index in [0.717, 1.165) is 25.1 Å². The Labute approximate surface area is 108 Å². The maximum absolute atomic E-state index is 12.5. The van der Waals surface area contributed by atoms with Crippen molar-refractivity contribution in [3.8, 4) is 0 Å². The fourth-order valence-corrected chi connectivity index (χ4v) is 2.49. The average molecular weight is 247 g/mol. The number of nitrogens with two attached hydrogens (primary N) is 1. The number of nitrogens with zero attached hydrogens (tertiary/aromatic N) is 2. The van der Waals surface area contributed by atoms with Crippen molar-refractivity contribution in [2.45, 2.75) is 19.4 Å². The summed E-state index contributed by atoms with van der Waals surface area (Å²) in [6.45, 7) is 3.54. The molecule has 1 aliphatic heterocycles. The van der Waals surface area contributed by atoms with Crippen LogP contribution >= 0.6 is 0 Å². The number of amides is 1. The first-order valence-electron chi connectivity index (χ1n) is 6.31. The van der Waals surface area contributed by atoms with Crippen LogP contribution in [0.1, 0.15) is 22.3 Å². The van der Waals surface area contributed by atoms with Crippen molar-refractivity contribution in [3.63, 3.8) is 0 Å². The minimum absolute atomic E-state index is 0.0648. The van der Waals surface area contributed by atoms with Crippen molar-refractivity contribution in [2.24, 2.45) is 0 Å². The first kappa shape index (κ1) is 12.9. The van der Waals surface area contributed by atoms with Gasteiger partial charge in [-0.15, -0.1) is 0 Å². The fourth-order valence-electron chi connectivity index (χ4n) is 2.49. The van der Waals surface area contributed by atoms with E-state index < -0.39 is 0 Å². The van der Waals surface area contributed by atoms with Crippen molar-refractivity contribution in [1.82, 2.24) is 9.80 Å². The Hall–Kier alpha value is -1.55. The Bertz CT molecular complexity index is 436. The summed E-state index contributed by atoms with van der Waals surface area (Å²) in [5.74, 6) is 0.0648. The number of hydrogen-bond acceptors (Lipinski definition) is 3. The number of nitrogen functional groups attached to an aromatic ring is 1. The maximum Gasteiger partial charge on any atom is 0.256 e. The molecule has 1 atom stereocenters. The summed E-state index contributed by atoms with van der Waals surface area (Å²) in [4.78, 5) is 16.6. The molecule has 2 N–H and O–H groups in total. The highest BCUT2D eigenvalue weighted by atomic mass is 16.2. The number of hydrogen-bond donors (Lipinski definition) is 1. The molecule has 1 heterocycles. The van der Waals surface area contributed by atoms with Gasteiger partial charge in [0.05, 0.1) is 5.56 Å². The van der Waals surface area contributed by atoms with Gasteiger partial charge in [0.2, 0.25) is 0 Å². The lowest BCUT2D eigenvalue weighted by atomic mass is 10.1. The van der Waals surface area contributed by atoms with Gasteiger partial charge >= 0.3 is 0 Å². The predicted octanol–water partition coefficient (Wildman–Crippen LogP) is 1.35. The Morgan fingerprint density at radius 1 is 1.44 bits per heavy atom. The molecule has 0 aliphatic carbocycles. The summed E-state index contributed by atoms with van der Waals surface area (Å²) >= 11 is 0. The normalized spacial score (nSPS) is 19.6. The highest BCUT2D eigenvalue weighted by molar-refractivity contribution is 6.00. The zero-order valence-corrected chi connectivity index (χ0v) is 11.3. The highest BCUT2D eigenvalue weighted by Crippen LogP contribution is 2.22. The van der Waals surface area contributed by atoms with Crippen LogP contribution in [-0.4, -0.2) is 48.9 Å². The fraction of sp³-hybridized carbons (Fsp3) is 0.500. The molecule has 98 valence electrons. The molecule has 0 spiro atoms. The smallest absolute Gasteiger partial charge is 0.256 e. The van der Waals surface area contributed by atoms with Gasteiger partial charge in [-0.25, -0.2) is 0 Å². The monoisotopic (exact) mass is 247 g/mol. The number of benzene rings is 1. The zero-order chi connectivity index (χ0) is 13.3. The van der Waals surface area contributed by atoms with Gasteiger partial charge in [-0.05, 0) is 39.1 Å². The molecule has 0 bridgehead atoms. The zero-order valence-electron chi connectivity index (χ0n) is 11.3. The second-order valence-corrected chi connectivity index (χ2v) is 5.20. The minimum atomic E-state index is 0.0648. The van der Waals surface area contributed by atoms with E-state index in [1.54, 1.807) is 6.07 Å². The van der Waals surface area contributed by atoms with E-state index in [4.69, 9.17) is 5.73 Å². The number of likely N-dealkylation sites (tertiary alicyclic amines) is 1. The molecule has 1 unspecified atom stereocenters. The van der Waals surface area contributed by atoms with Crippen LogP contribution < -0.4 is 5.73 Å². The Morgan fingerprint density at radius 3 is 2.72 bits per heavy atom. The minimum Gasteiger partial charge on any atom is -0.398 e. The molecule has 1 amide bonds. The summed E-state index contributed by atoms with van der Waals surface area (Å²) in [6, 6.07) is 6.07. The standard InChI is InChI=1S/C14H21N3O/c1-10-5-4-6-12(15)13(10)14(18)17-8-7-11(9-17)16(2)3/h4-6,11H,7-9,15H2,1-3H3.